The molecule has 1 heterocycles. The van der Waals surface area contributed by atoms with Gasteiger partial charge in [0.1, 0.15) is 6.10 Å². The zero-order valence-electron chi connectivity index (χ0n) is 13.7. The van der Waals surface area contributed by atoms with E-state index in [0.29, 0.717) is 6.61 Å². The van der Waals surface area contributed by atoms with Crippen LogP contribution in [0.1, 0.15) is 24.2 Å². The van der Waals surface area contributed by atoms with Crippen LogP contribution in [0.4, 0.5) is 0 Å². The fourth-order valence-electron chi connectivity index (χ4n) is 2.72. The Morgan fingerprint density at radius 3 is 2.54 bits per heavy atom. The quantitative estimate of drug-likeness (QED) is 0.594. The maximum Gasteiger partial charge on any atom is 0.262 e. The van der Waals surface area contributed by atoms with Crippen LogP contribution in [0.5, 0.6) is 0 Å². The summed E-state index contributed by atoms with van der Waals surface area (Å²) in [6.45, 7) is 0.0856. The van der Waals surface area contributed by atoms with Crippen LogP contribution in [0.3, 0.4) is 0 Å². The van der Waals surface area contributed by atoms with E-state index in [4.69, 9.17) is 20.9 Å². The molecule has 1 aliphatic heterocycles. The van der Waals surface area contributed by atoms with Gasteiger partial charge in [-0.25, -0.2) is 5.09 Å². The minimum absolute atomic E-state index is 0.190. The monoisotopic (exact) mass is 359 g/mol. The van der Waals surface area contributed by atoms with Crippen molar-refractivity contribution in [1.29, 1.82) is 0 Å². The molecule has 0 saturated carbocycles. The van der Waals surface area contributed by atoms with Crippen LogP contribution < -0.4 is 5.09 Å². The first-order chi connectivity index (χ1) is 11.7. The van der Waals surface area contributed by atoms with Gasteiger partial charge in [0.25, 0.3) is 6.64 Å². The van der Waals surface area contributed by atoms with Crippen LogP contribution in [0, 0.1) is 0 Å². The Kier molecular flexibility index (Phi) is 5.99. The Bertz CT molecular complexity index is 721. The standard InChI is InChI=1S/C19H22NO2PS/c1-2-9-19(17-12-7-4-8-13-17)22-23(24)20-18(15-21-23)14-16-10-5-3-6-11-16/h2-13,18-19H,14-15H2,1H3,(H,20,24)/b9-2+/t18-,19?,23?/m1/s1. The van der Waals surface area contributed by atoms with Gasteiger partial charge in [0, 0.05) is 6.04 Å². The second-order valence-corrected chi connectivity index (χ2v) is 8.94. The van der Waals surface area contributed by atoms with Gasteiger partial charge in [-0.05, 0) is 36.3 Å². The highest BCUT2D eigenvalue weighted by Crippen LogP contribution is 2.52. The molecule has 2 unspecified atom stereocenters. The predicted molar refractivity (Wildman–Crippen MR) is 102 cm³/mol. The van der Waals surface area contributed by atoms with Crippen molar-refractivity contribution in [3.05, 3.63) is 83.9 Å². The van der Waals surface area contributed by atoms with E-state index in [0.717, 1.165) is 12.0 Å². The molecule has 0 amide bonds. The summed E-state index contributed by atoms with van der Waals surface area (Å²) in [5.74, 6) is 0. The van der Waals surface area contributed by atoms with Crippen LogP contribution >= 0.6 is 6.64 Å². The molecule has 5 heteroatoms. The van der Waals surface area contributed by atoms with E-state index >= 15 is 0 Å². The van der Waals surface area contributed by atoms with Crippen LogP contribution in [0.2, 0.25) is 0 Å². The molecule has 0 spiro atoms. The topological polar surface area (TPSA) is 30.5 Å². The van der Waals surface area contributed by atoms with Crippen LogP contribution in [-0.4, -0.2) is 12.6 Å². The van der Waals surface area contributed by atoms with Gasteiger partial charge in [-0.3, -0.25) is 0 Å². The minimum atomic E-state index is -2.48. The van der Waals surface area contributed by atoms with E-state index in [-0.39, 0.29) is 12.1 Å². The first kappa shape index (κ1) is 17.5. The average molecular weight is 359 g/mol. The Morgan fingerprint density at radius 1 is 1.21 bits per heavy atom. The molecule has 1 aliphatic rings. The lowest BCUT2D eigenvalue weighted by Gasteiger charge is -2.22. The molecule has 0 aliphatic carbocycles. The highest BCUT2D eigenvalue weighted by molar-refractivity contribution is 8.09. The van der Waals surface area contributed by atoms with Crippen molar-refractivity contribution in [2.45, 2.75) is 25.5 Å². The summed E-state index contributed by atoms with van der Waals surface area (Å²) in [7, 11) is 0. The van der Waals surface area contributed by atoms with Gasteiger partial charge in [0.2, 0.25) is 0 Å². The molecule has 1 fully saturated rings. The molecule has 3 rings (SSSR count). The normalized spacial score (nSPS) is 25.1. The number of hydrogen-bond donors (Lipinski definition) is 1. The number of nitrogens with one attached hydrogen (secondary N) is 1. The largest absolute Gasteiger partial charge is 0.316 e. The Labute approximate surface area is 148 Å². The van der Waals surface area contributed by atoms with Crippen LogP contribution in [-0.2, 0) is 27.3 Å². The number of hydrogen-bond acceptors (Lipinski definition) is 3. The SMILES string of the molecule is C/C=C/C(OP1(=S)N[C@H](Cc2ccccc2)CO1)c1ccccc1. The van der Waals surface area contributed by atoms with E-state index in [1.54, 1.807) is 0 Å². The number of rotatable bonds is 6. The third-order valence-electron chi connectivity index (χ3n) is 3.86. The second kappa shape index (κ2) is 8.19. The lowest BCUT2D eigenvalue weighted by Crippen LogP contribution is -2.24. The maximum atomic E-state index is 6.20. The number of allylic oxidation sites excluding steroid dienone is 1. The Hall–Kier alpha value is -1.29. The summed E-state index contributed by atoms with van der Waals surface area (Å²) in [6, 6.07) is 20.7. The molecule has 126 valence electrons. The average Bonchev–Trinajstić information content (AvgIpc) is 2.97. The van der Waals surface area contributed by atoms with E-state index in [9.17, 15) is 0 Å². The van der Waals surface area contributed by atoms with Gasteiger partial charge in [0.15, 0.2) is 0 Å². The molecule has 1 saturated heterocycles. The lowest BCUT2D eigenvalue weighted by molar-refractivity contribution is 0.227. The minimum Gasteiger partial charge on any atom is -0.316 e. The molecule has 24 heavy (non-hydrogen) atoms. The van der Waals surface area contributed by atoms with Gasteiger partial charge in [0.05, 0.1) is 6.61 Å². The molecular formula is C19H22NO2PS. The maximum absolute atomic E-state index is 6.20. The van der Waals surface area contributed by atoms with Gasteiger partial charge >= 0.3 is 0 Å². The summed E-state index contributed by atoms with van der Waals surface area (Å²) >= 11 is 5.67. The lowest BCUT2D eigenvalue weighted by atomic mass is 10.1. The highest BCUT2D eigenvalue weighted by atomic mass is 32.5. The Morgan fingerprint density at radius 2 is 1.88 bits per heavy atom. The summed E-state index contributed by atoms with van der Waals surface area (Å²) in [6.07, 6.45) is 4.70. The second-order valence-electron chi connectivity index (χ2n) is 5.77. The van der Waals surface area contributed by atoms with E-state index in [2.05, 4.69) is 29.4 Å². The third kappa shape index (κ3) is 4.62. The van der Waals surface area contributed by atoms with Gasteiger partial charge in [-0.1, -0.05) is 72.8 Å². The van der Waals surface area contributed by atoms with Crippen molar-refractivity contribution in [2.75, 3.05) is 6.61 Å². The zero-order chi connectivity index (χ0) is 16.8. The molecule has 0 radical (unpaired) electrons. The summed E-state index contributed by atoms with van der Waals surface area (Å²) in [5.41, 5.74) is 2.35. The fraction of sp³-hybridized carbons (Fsp3) is 0.263. The first-order valence-corrected chi connectivity index (χ1v) is 10.7. The van der Waals surface area contributed by atoms with Crippen molar-refractivity contribution in [3.8, 4) is 0 Å². The van der Waals surface area contributed by atoms with Crippen molar-refractivity contribution < 1.29 is 9.05 Å². The summed E-state index contributed by atoms with van der Waals surface area (Å²) < 4.78 is 12.1. The summed E-state index contributed by atoms with van der Waals surface area (Å²) in [4.78, 5) is 0. The van der Waals surface area contributed by atoms with Crippen LogP contribution in [0.25, 0.3) is 0 Å². The van der Waals surface area contributed by atoms with Crippen molar-refractivity contribution in [1.82, 2.24) is 5.09 Å². The van der Waals surface area contributed by atoms with Crippen LogP contribution in [0.15, 0.2) is 72.8 Å². The Balaban J connectivity index is 1.66. The molecule has 3 atom stereocenters. The molecule has 2 aromatic rings. The molecule has 3 nitrogen and oxygen atoms in total. The molecule has 0 bridgehead atoms. The number of benzene rings is 2. The van der Waals surface area contributed by atoms with Gasteiger partial charge in [-0.15, -0.1) is 0 Å². The summed E-state index contributed by atoms with van der Waals surface area (Å²) in [5, 5.41) is 3.42. The van der Waals surface area contributed by atoms with Crippen molar-refractivity contribution in [2.24, 2.45) is 0 Å². The predicted octanol–water partition coefficient (Wildman–Crippen LogP) is 4.78. The van der Waals surface area contributed by atoms with Crippen molar-refractivity contribution >= 4 is 18.4 Å². The van der Waals surface area contributed by atoms with E-state index in [1.807, 2.05) is 55.5 Å². The van der Waals surface area contributed by atoms with E-state index in [1.165, 1.54) is 5.56 Å². The molecule has 1 N–H and O–H groups in total. The molecule has 0 aromatic heterocycles. The molecule has 2 aromatic carbocycles. The molecular weight excluding hydrogens is 337 g/mol. The zero-order valence-corrected chi connectivity index (χ0v) is 15.4. The highest BCUT2D eigenvalue weighted by Gasteiger charge is 2.34. The fourth-order valence-corrected chi connectivity index (χ4v) is 5.31. The van der Waals surface area contributed by atoms with Crippen molar-refractivity contribution in [3.63, 3.8) is 0 Å². The van der Waals surface area contributed by atoms with E-state index < -0.39 is 6.64 Å². The third-order valence-corrected chi connectivity index (χ3v) is 6.42. The van der Waals surface area contributed by atoms with Gasteiger partial charge in [-0.2, -0.15) is 0 Å². The first-order valence-electron chi connectivity index (χ1n) is 8.11. The van der Waals surface area contributed by atoms with Gasteiger partial charge < -0.3 is 9.05 Å². The smallest absolute Gasteiger partial charge is 0.262 e.